The van der Waals surface area contributed by atoms with Gasteiger partial charge in [-0.15, -0.1) is 0 Å². The number of phenolic OH excluding ortho intramolecular Hbond substituents is 1. The van der Waals surface area contributed by atoms with Gasteiger partial charge in [0, 0.05) is 35.0 Å². The van der Waals surface area contributed by atoms with E-state index in [9.17, 15) is 24.6 Å². The number of phenols is 1. The Kier molecular flexibility index (Phi) is 7.36. The summed E-state index contributed by atoms with van der Waals surface area (Å²) in [5, 5.41) is 21.4. The second kappa shape index (κ2) is 10.6. The van der Waals surface area contributed by atoms with Gasteiger partial charge in [0.05, 0.1) is 11.2 Å². The zero-order valence-electron chi connectivity index (χ0n) is 28.0. The molecule has 0 aromatic heterocycles. The molecule has 4 bridgehead atoms. The number of hydrogen-bond acceptors (Lipinski definition) is 7. The number of rotatable bonds is 8. The first-order valence-corrected chi connectivity index (χ1v) is 16.2. The number of fused-ring (bicyclic) bond motifs is 2. The topological polar surface area (TPSA) is 119 Å². The van der Waals surface area contributed by atoms with E-state index >= 15 is 0 Å². The van der Waals surface area contributed by atoms with Gasteiger partial charge in [0.15, 0.2) is 22.8 Å². The Morgan fingerprint density at radius 2 is 1.70 bits per heavy atom. The summed E-state index contributed by atoms with van der Waals surface area (Å²) in [6, 6.07) is 0. The standard InChI is InChI=1S/C38H44O8/c1-20(2)10-9-15-36(8)16-14-24-29(39)28-30(40)26-18-23-19-27-35(6,7)46-37(33(23)41,17-13-22(5)34(42)43)38(26,27)45-32(28)25(31(24)44-36)12-11-21(3)4/h10-11,13-14,16,18,23,27,39H,9,12,15,17,19H2,1-8H3,(H,42,43)/b22-13+/t23-,27?,36+,37+,38+/m0/s1. The maximum absolute atomic E-state index is 14.7. The summed E-state index contributed by atoms with van der Waals surface area (Å²) < 4.78 is 20.6. The normalized spacial score (nSPS) is 31.2. The second-order valence-corrected chi connectivity index (χ2v) is 14.8. The minimum absolute atomic E-state index is 0.0544. The molecule has 2 N–H and O–H groups in total. The number of carboxylic acid groups (broad SMARTS) is 1. The predicted molar refractivity (Wildman–Crippen MR) is 174 cm³/mol. The predicted octanol–water partition coefficient (Wildman–Crippen LogP) is 7.24. The van der Waals surface area contributed by atoms with E-state index in [4.69, 9.17) is 14.2 Å². The van der Waals surface area contributed by atoms with E-state index in [1.165, 1.54) is 18.6 Å². The van der Waals surface area contributed by atoms with Crippen LogP contribution in [-0.4, -0.2) is 50.2 Å². The molecule has 6 aliphatic rings. The lowest BCUT2D eigenvalue weighted by molar-refractivity contribution is -0.171. The SMILES string of the molecule is CC(C)=CCC[C@]1(C)C=Cc2c(O)c3c(c(CC=C(C)C)c2O1)O[C@]12C(=C[C@H]4CC1C(C)(C)O[C@]2(C/C=C(\C)C(=O)O)C4=O)C3=O. The third kappa shape index (κ3) is 4.47. The molecule has 1 saturated carbocycles. The van der Waals surface area contributed by atoms with E-state index in [1.807, 2.05) is 52.8 Å². The van der Waals surface area contributed by atoms with Crippen molar-refractivity contribution in [2.45, 2.75) is 110 Å². The lowest BCUT2D eigenvalue weighted by Crippen LogP contribution is -2.72. The summed E-state index contributed by atoms with van der Waals surface area (Å²) in [6.07, 6.45) is 13.4. The molecule has 1 aromatic carbocycles. The summed E-state index contributed by atoms with van der Waals surface area (Å²) in [5.74, 6) is -2.28. The summed E-state index contributed by atoms with van der Waals surface area (Å²) in [5.41, 5.74) is -0.952. The van der Waals surface area contributed by atoms with Gasteiger partial charge >= 0.3 is 5.97 Å². The van der Waals surface area contributed by atoms with E-state index in [2.05, 4.69) is 19.9 Å². The zero-order valence-corrected chi connectivity index (χ0v) is 28.0. The van der Waals surface area contributed by atoms with Gasteiger partial charge < -0.3 is 24.4 Å². The van der Waals surface area contributed by atoms with Gasteiger partial charge in [-0.25, -0.2) is 4.79 Å². The second-order valence-electron chi connectivity index (χ2n) is 14.8. The van der Waals surface area contributed by atoms with E-state index < -0.39 is 40.1 Å². The van der Waals surface area contributed by atoms with Crippen molar-refractivity contribution in [3.63, 3.8) is 0 Å². The first kappa shape index (κ1) is 32.0. The molecule has 244 valence electrons. The maximum atomic E-state index is 14.7. The third-order valence-corrected chi connectivity index (χ3v) is 10.5. The van der Waals surface area contributed by atoms with Gasteiger partial charge in [-0.2, -0.15) is 0 Å². The third-order valence-electron chi connectivity index (χ3n) is 10.5. The van der Waals surface area contributed by atoms with Crippen molar-refractivity contribution in [1.82, 2.24) is 0 Å². The van der Waals surface area contributed by atoms with Crippen LogP contribution in [0.4, 0.5) is 0 Å². The van der Waals surface area contributed by atoms with Crippen molar-refractivity contribution in [2.24, 2.45) is 11.8 Å². The number of ketones is 2. The van der Waals surface area contributed by atoms with Crippen LogP contribution in [0, 0.1) is 11.8 Å². The summed E-state index contributed by atoms with van der Waals surface area (Å²) in [6.45, 7) is 15.4. The maximum Gasteiger partial charge on any atom is 0.330 e. The van der Waals surface area contributed by atoms with Crippen LogP contribution in [-0.2, 0) is 20.7 Å². The minimum atomic E-state index is -1.63. The summed E-state index contributed by atoms with van der Waals surface area (Å²) in [7, 11) is 0. The van der Waals surface area contributed by atoms with Crippen molar-refractivity contribution in [3.05, 3.63) is 69.4 Å². The highest BCUT2D eigenvalue weighted by molar-refractivity contribution is 6.19. The van der Waals surface area contributed by atoms with E-state index in [0.29, 0.717) is 41.7 Å². The highest BCUT2D eigenvalue weighted by atomic mass is 16.6. The van der Waals surface area contributed by atoms with Gasteiger partial charge in [0.1, 0.15) is 28.4 Å². The number of ether oxygens (including phenoxy) is 3. The molecule has 2 fully saturated rings. The molecule has 8 nitrogen and oxygen atoms in total. The van der Waals surface area contributed by atoms with Gasteiger partial charge in [-0.3, -0.25) is 9.59 Å². The van der Waals surface area contributed by atoms with Gasteiger partial charge in [0.25, 0.3) is 0 Å². The quantitative estimate of drug-likeness (QED) is 0.228. The van der Waals surface area contributed by atoms with Crippen LogP contribution in [0.2, 0.25) is 0 Å². The zero-order chi connectivity index (χ0) is 33.6. The molecular weight excluding hydrogens is 584 g/mol. The molecule has 5 atom stereocenters. The van der Waals surface area contributed by atoms with E-state index in [-0.39, 0.29) is 40.8 Å². The number of carboxylic acids is 1. The van der Waals surface area contributed by atoms with Gasteiger partial charge in [-0.05, 0) is 93.2 Å². The number of Topliss-reactive ketones (excluding diaryl/α,β-unsaturated/α-hetero) is 2. The number of carbonyl (C=O) groups excluding carboxylic acids is 2. The fourth-order valence-corrected chi connectivity index (χ4v) is 8.17. The minimum Gasteiger partial charge on any atom is -0.506 e. The largest absolute Gasteiger partial charge is 0.506 e. The van der Waals surface area contributed by atoms with Crippen molar-refractivity contribution in [2.75, 3.05) is 0 Å². The van der Waals surface area contributed by atoms with Crippen molar-refractivity contribution < 1.29 is 38.8 Å². The number of carbonyl (C=O) groups is 3. The molecule has 8 heteroatoms. The Hall–Kier alpha value is -3.91. The highest BCUT2D eigenvalue weighted by Crippen LogP contribution is 2.68. The molecular formula is C38H44O8. The van der Waals surface area contributed by atoms with Gasteiger partial charge in [-0.1, -0.05) is 35.5 Å². The Morgan fingerprint density at radius 3 is 2.35 bits per heavy atom. The average molecular weight is 629 g/mol. The van der Waals surface area contributed by atoms with Crippen molar-refractivity contribution in [3.8, 4) is 17.2 Å². The average Bonchev–Trinajstić information content (AvgIpc) is 3.12. The summed E-state index contributed by atoms with van der Waals surface area (Å²) >= 11 is 0. The van der Waals surface area contributed by atoms with Crippen LogP contribution in [0.5, 0.6) is 17.2 Å². The fourth-order valence-electron chi connectivity index (χ4n) is 8.17. The Labute approximate surface area is 270 Å². The summed E-state index contributed by atoms with van der Waals surface area (Å²) in [4.78, 5) is 40.8. The molecule has 0 amide bonds. The molecule has 7 rings (SSSR count). The van der Waals surface area contributed by atoms with Crippen LogP contribution in [0.15, 0.2) is 52.7 Å². The smallest absolute Gasteiger partial charge is 0.330 e. The monoisotopic (exact) mass is 628 g/mol. The molecule has 3 aliphatic carbocycles. The molecule has 3 heterocycles. The van der Waals surface area contributed by atoms with Crippen molar-refractivity contribution >= 4 is 23.6 Å². The van der Waals surface area contributed by atoms with Gasteiger partial charge in [0.2, 0.25) is 0 Å². The molecule has 3 aliphatic heterocycles. The van der Waals surface area contributed by atoms with Crippen LogP contribution in [0.3, 0.4) is 0 Å². The van der Waals surface area contributed by atoms with Crippen LogP contribution in [0.1, 0.15) is 103 Å². The Morgan fingerprint density at radius 1 is 1.00 bits per heavy atom. The number of aromatic hydroxyl groups is 1. The lowest BCUT2D eigenvalue weighted by Gasteiger charge is -2.56. The highest BCUT2D eigenvalue weighted by Gasteiger charge is 2.81. The van der Waals surface area contributed by atoms with Crippen LogP contribution >= 0.6 is 0 Å². The van der Waals surface area contributed by atoms with E-state index in [1.54, 1.807) is 6.08 Å². The number of allylic oxidation sites excluding steroid dienone is 5. The Balaban J connectivity index is 1.59. The van der Waals surface area contributed by atoms with Crippen LogP contribution < -0.4 is 9.47 Å². The first-order chi connectivity index (χ1) is 21.5. The van der Waals surface area contributed by atoms with E-state index in [0.717, 1.165) is 12.0 Å². The molecule has 1 spiro atoms. The number of aliphatic carboxylic acids is 1. The number of hydrogen-bond donors (Lipinski definition) is 2. The van der Waals surface area contributed by atoms with Crippen molar-refractivity contribution in [1.29, 1.82) is 0 Å². The van der Waals surface area contributed by atoms with Crippen LogP contribution in [0.25, 0.3) is 6.08 Å². The molecule has 1 saturated heterocycles. The molecule has 1 unspecified atom stereocenters. The molecule has 1 aromatic rings. The fraction of sp³-hybridized carbons (Fsp3) is 0.500. The number of benzene rings is 1. The lowest BCUT2D eigenvalue weighted by atomic mass is 9.51. The molecule has 0 radical (unpaired) electrons. The first-order valence-electron chi connectivity index (χ1n) is 16.2. The Bertz CT molecular complexity index is 1730. The molecule has 46 heavy (non-hydrogen) atoms.